The van der Waals surface area contributed by atoms with Crippen LogP contribution in [0.5, 0.6) is 11.5 Å². The minimum Gasteiger partial charge on any atom is -0.497 e. The summed E-state index contributed by atoms with van der Waals surface area (Å²) in [4.78, 5) is 27.9. The van der Waals surface area contributed by atoms with E-state index in [0.29, 0.717) is 19.5 Å². The Morgan fingerprint density at radius 1 is 0.794 bits per heavy atom. The van der Waals surface area contributed by atoms with E-state index in [2.05, 4.69) is 5.32 Å². The predicted octanol–water partition coefficient (Wildman–Crippen LogP) is 4.02. The van der Waals surface area contributed by atoms with Gasteiger partial charge in [0, 0.05) is 13.1 Å². The maximum absolute atomic E-state index is 13.3. The van der Waals surface area contributed by atoms with Gasteiger partial charge in [0.05, 0.1) is 20.6 Å². The molecule has 0 heterocycles. The highest BCUT2D eigenvalue weighted by atomic mass is 16.5. The molecule has 3 aromatic rings. The van der Waals surface area contributed by atoms with Crippen LogP contribution in [-0.2, 0) is 29.0 Å². The summed E-state index contributed by atoms with van der Waals surface area (Å²) in [5.41, 5.74) is 2.95. The molecule has 0 spiro atoms. The van der Waals surface area contributed by atoms with Gasteiger partial charge in [-0.3, -0.25) is 9.59 Å². The van der Waals surface area contributed by atoms with E-state index in [1.165, 1.54) is 0 Å². The average Bonchev–Trinajstić information content (AvgIpc) is 2.88. The zero-order valence-corrected chi connectivity index (χ0v) is 20.0. The summed E-state index contributed by atoms with van der Waals surface area (Å²) < 4.78 is 10.4. The molecule has 0 radical (unpaired) electrons. The van der Waals surface area contributed by atoms with Gasteiger partial charge in [-0.2, -0.15) is 0 Å². The maximum atomic E-state index is 13.3. The Labute approximate surface area is 201 Å². The molecule has 1 N–H and O–H groups in total. The van der Waals surface area contributed by atoms with Crippen LogP contribution >= 0.6 is 0 Å². The molecule has 3 rings (SSSR count). The highest BCUT2D eigenvalue weighted by molar-refractivity contribution is 5.88. The van der Waals surface area contributed by atoms with Gasteiger partial charge in [-0.25, -0.2) is 0 Å². The number of nitrogens with zero attached hydrogens (tertiary/aromatic N) is 1. The number of rotatable bonds is 11. The lowest BCUT2D eigenvalue weighted by Gasteiger charge is -2.29. The van der Waals surface area contributed by atoms with Crippen molar-refractivity contribution in [3.63, 3.8) is 0 Å². The summed E-state index contributed by atoms with van der Waals surface area (Å²) in [6, 6.07) is 24.3. The van der Waals surface area contributed by atoms with Crippen molar-refractivity contribution in [2.75, 3.05) is 20.8 Å². The normalized spacial score (nSPS) is 11.4. The summed E-state index contributed by atoms with van der Waals surface area (Å²) in [7, 11) is 3.25. The van der Waals surface area contributed by atoms with Gasteiger partial charge in [-0.15, -0.1) is 0 Å². The van der Waals surface area contributed by atoms with Gasteiger partial charge in [0.15, 0.2) is 0 Å². The molecule has 6 heteroatoms. The Balaban J connectivity index is 1.66. The molecule has 6 nitrogen and oxygen atoms in total. The first-order valence-electron chi connectivity index (χ1n) is 11.4. The molecule has 0 aromatic heterocycles. The second-order valence-corrected chi connectivity index (χ2v) is 8.10. The zero-order valence-electron chi connectivity index (χ0n) is 20.0. The molecule has 0 bridgehead atoms. The van der Waals surface area contributed by atoms with Gasteiger partial charge in [-0.05, 0) is 54.3 Å². The van der Waals surface area contributed by atoms with E-state index in [0.717, 1.165) is 28.2 Å². The van der Waals surface area contributed by atoms with E-state index >= 15 is 0 Å². The minimum absolute atomic E-state index is 0.0974. The summed E-state index contributed by atoms with van der Waals surface area (Å²) >= 11 is 0. The molecule has 0 unspecified atom stereocenters. The van der Waals surface area contributed by atoms with E-state index in [-0.39, 0.29) is 18.2 Å². The smallest absolute Gasteiger partial charge is 0.242 e. The second kappa shape index (κ2) is 12.4. The number of amides is 2. The van der Waals surface area contributed by atoms with Crippen LogP contribution in [0.15, 0.2) is 78.9 Å². The van der Waals surface area contributed by atoms with E-state index in [1.54, 1.807) is 26.0 Å². The topological polar surface area (TPSA) is 67.9 Å². The van der Waals surface area contributed by atoms with Gasteiger partial charge in [-0.1, -0.05) is 54.6 Å². The van der Waals surface area contributed by atoms with E-state index in [1.807, 2.05) is 78.9 Å². The highest BCUT2D eigenvalue weighted by Gasteiger charge is 2.26. The van der Waals surface area contributed by atoms with Crippen LogP contribution < -0.4 is 14.8 Å². The average molecular weight is 461 g/mol. The molecule has 2 amide bonds. The fourth-order valence-corrected chi connectivity index (χ4v) is 3.65. The number of carbonyl (C=O) groups is 2. The molecule has 3 aromatic carbocycles. The maximum Gasteiger partial charge on any atom is 0.242 e. The van der Waals surface area contributed by atoms with E-state index < -0.39 is 6.04 Å². The molecule has 1 atom stereocenters. The number of benzene rings is 3. The van der Waals surface area contributed by atoms with Crippen molar-refractivity contribution in [2.45, 2.75) is 32.4 Å². The Bertz CT molecular complexity index is 1050. The van der Waals surface area contributed by atoms with Crippen molar-refractivity contribution in [3.8, 4) is 11.5 Å². The highest BCUT2D eigenvalue weighted by Crippen LogP contribution is 2.16. The molecular formula is C28H32N2O4. The first kappa shape index (κ1) is 24.8. The van der Waals surface area contributed by atoms with Crippen molar-refractivity contribution in [3.05, 3.63) is 95.6 Å². The zero-order chi connectivity index (χ0) is 24.3. The summed E-state index contributed by atoms with van der Waals surface area (Å²) in [5, 5.41) is 2.98. The summed E-state index contributed by atoms with van der Waals surface area (Å²) in [6.07, 6.45) is 0.930. The molecule has 0 aliphatic carbocycles. The van der Waals surface area contributed by atoms with Crippen LogP contribution in [0.1, 0.15) is 23.6 Å². The van der Waals surface area contributed by atoms with Gasteiger partial charge in [0.1, 0.15) is 17.5 Å². The van der Waals surface area contributed by atoms with Gasteiger partial charge < -0.3 is 19.7 Å². The summed E-state index contributed by atoms with van der Waals surface area (Å²) in [6.45, 7) is 2.59. The van der Waals surface area contributed by atoms with Crippen molar-refractivity contribution >= 4 is 11.8 Å². The number of methoxy groups -OCH3 is 2. The minimum atomic E-state index is -0.616. The largest absolute Gasteiger partial charge is 0.497 e. The number of ether oxygens (including phenoxy) is 2. The first-order valence-corrected chi connectivity index (χ1v) is 11.4. The van der Waals surface area contributed by atoms with Crippen molar-refractivity contribution in [1.82, 2.24) is 10.2 Å². The predicted molar refractivity (Wildman–Crippen MR) is 133 cm³/mol. The standard InChI is InChI=1S/C28H32N2O4/c1-21(28(32)29-18-17-22-9-13-25(33-2)14-10-22)30(20-24-11-15-26(34-3)16-12-24)27(31)19-23-7-5-4-6-8-23/h4-16,21H,17-20H2,1-3H3,(H,29,32)/t21-/m0/s1. The molecular weight excluding hydrogens is 428 g/mol. The number of carbonyl (C=O) groups excluding carboxylic acids is 2. The van der Waals surface area contributed by atoms with Crippen molar-refractivity contribution in [1.29, 1.82) is 0 Å². The number of nitrogens with one attached hydrogen (secondary N) is 1. The lowest BCUT2D eigenvalue weighted by Crippen LogP contribution is -2.48. The first-order chi connectivity index (χ1) is 16.5. The fourth-order valence-electron chi connectivity index (χ4n) is 3.65. The quantitative estimate of drug-likeness (QED) is 0.469. The van der Waals surface area contributed by atoms with E-state index in [9.17, 15) is 9.59 Å². The van der Waals surface area contributed by atoms with Crippen LogP contribution in [0.25, 0.3) is 0 Å². The van der Waals surface area contributed by atoms with Crippen LogP contribution in [0, 0.1) is 0 Å². The number of hydrogen-bond acceptors (Lipinski definition) is 4. The van der Waals surface area contributed by atoms with Crippen molar-refractivity contribution < 1.29 is 19.1 Å². The lowest BCUT2D eigenvalue weighted by atomic mass is 10.1. The van der Waals surface area contributed by atoms with E-state index in [4.69, 9.17) is 9.47 Å². The van der Waals surface area contributed by atoms with Crippen LogP contribution in [0.2, 0.25) is 0 Å². The van der Waals surface area contributed by atoms with Crippen LogP contribution in [0.4, 0.5) is 0 Å². The number of hydrogen-bond donors (Lipinski definition) is 1. The SMILES string of the molecule is COc1ccc(CCNC(=O)[C@H](C)N(Cc2ccc(OC)cc2)C(=O)Cc2ccccc2)cc1. The van der Waals surface area contributed by atoms with Crippen molar-refractivity contribution in [2.24, 2.45) is 0 Å². The third-order valence-electron chi connectivity index (χ3n) is 5.75. The van der Waals surface area contributed by atoms with Crippen LogP contribution in [-0.4, -0.2) is 43.5 Å². The Hall–Kier alpha value is -3.80. The summed E-state index contributed by atoms with van der Waals surface area (Å²) in [5.74, 6) is 1.27. The molecule has 0 fully saturated rings. The molecule has 34 heavy (non-hydrogen) atoms. The van der Waals surface area contributed by atoms with Gasteiger partial charge in [0.25, 0.3) is 0 Å². The Kier molecular flexibility index (Phi) is 9.09. The van der Waals surface area contributed by atoms with Crippen LogP contribution in [0.3, 0.4) is 0 Å². The van der Waals surface area contributed by atoms with Gasteiger partial charge in [0.2, 0.25) is 11.8 Å². The fraction of sp³-hybridized carbons (Fsp3) is 0.286. The Morgan fingerprint density at radius 3 is 1.91 bits per heavy atom. The molecule has 178 valence electrons. The van der Waals surface area contributed by atoms with Gasteiger partial charge >= 0.3 is 0 Å². The third kappa shape index (κ3) is 7.10. The lowest BCUT2D eigenvalue weighted by molar-refractivity contribution is -0.140. The monoisotopic (exact) mass is 460 g/mol. The second-order valence-electron chi connectivity index (χ2n) is 8.10. The third-order valence-corrected chi connectivity index (χ3v) is 5.75. The molecule has 0 aliphatic rings. The Morgan fingerprint density at radius 2 is 1.35 bits per heavy atom. The molecule has 0 saturated heterocycles. The molecule has 0 aliphatic heterocycles. The molecule has 0 saturated carbocycles.